The fraction of sp³-hybridized carbons (Fsp3) is 0.109. The van der Waals surface area contributed by atoms with Crippen LogP contribution in [-0.2, 0) is 50.2 Å². The molecule has 3 aliphatic rings. The van der Waals surface area contributed by atoms with E-state index < -0.39 is 31.7 Å². The Morgan fingerprint density at radius 1 is 0.306 bits per heavy atom. The van der Waals surface area contributed by atoms with Gasteiger partial charge < -0.3 is 20.9 Å². The molecule has 0 radical (unpaired) electrons. The van der Waals surface area contributed by atoms with Gasteiger partial charge in [0, 0.05) is 70.0 Å². The predicted octanol–water partition coefficient (Wildman–Crippen LogP) is 21.6. The van der Waals surface area contributed by atoms with Crippen molar-refractivity contribution in [1.29, 1.82) is 0 Å². The summed E-state index contributed by atoms with van der Waals surface area (Å²) in [6, 6.07) is 171. The number of pyridine rings is 2. The zero-order valence-corrected chi connectivity index (χ0v) is 98.3. The summed E-state index contributed by atoms with van der Waals surface area (Å²) in [4.78, 5) is 19.9. The summed E-state index contributed by atoms with van der Waals surface area (Å²) in [5.74, 6) is 0. The van der Waals surface area contributed by atoms with Gasteiger partial charge in [-0.15, -0.1) is 0 Å². The molecule has 0 saturated carbocycles. The summed E-state index contributed by atoms with van der Waals surface area (Å²) in [5.41, 5.74) is 16.3. The van der Waals surface area contributed by atoms with Crippen molar-refractivity contribution in [2.24, 2.45) is 0 Å². The average molecular weight is 2200 g/mol. The van der Waals surface area contributed by atoms with E-state index in [2.05, 4.69) is 522 Å². The molecule has 0 spiro atoms. The Morgan fingerprint density at radius 2 is 0.551 bits per heavy atom. The van der Waals surface area contributed by atoms with Crippen LogP contribution in [0.3, 0.4) is 0 Å². The first-order valence-corrected chi connectivity index (χ1v) is 54.6. The van der Waals surface area contributed by atoms with Gasteiger partial charge >= 0.3 is 110 Å². The molecule has 147 heavy (non-hydrogen) atoms. The number of nitrogens with zero attached hydrogens (tertiary/aromatic N) is 2. The van der Waals surface area contributed by atoms with Crippen LogP contribution in [-0.4, -0.2) is 34.8 Å². The summed E-state index contributed by atoms with van der Waals surface area (Å²) in [6.45, 7) is 21.9. The Morgan fingerprint density at radius 3 is 0.837 bits per heavy atom. The third-order valence-electron chi connectivity index (χ3n) is 26.2. The number of fused-ring (bicyclic) bond motifs is 8. The van der Waals surface area contributed by atoms with Crippen molar-refractivity contribution in [2.75, 3.05) is 0 Å². The standard InChI is InChI=1S/C25H20ClN.C22H27BO2.4C18H15P.C9H5Cl2N.CH2O3.2K.Pd.H/c1-15-12-17(24-19-9-8-18(26)13-16(19)10-11-27-24)14-22-23(15)20-6-4-5-7-21(20)25(22,2)3;1-14-12-15(23-24-21(4,5)22(6,7)25-23)13-18-19(14)16-10-8-9-11-17(16)20(18,2)3;4*1-4-10-16(11-5-1)19(17-12-6-2-7-13-17)18-14-8-3-9-15-18;10-7-1-2-8-6(5-7)3-4-12-9(8)11;2-1-4-3;;;;/h4-14H,1-3H3;8-13H,1-7H3;4*1-15H;1-5H;1,3H;;;;/q;;;;;;;;2*+1;;-1/p-1. The molecule has 0 bridgehead atoms. The average Bonchev–Trinajstić information content (AvgIpc) is 1.57. The summed E-state index contributed by atoms with van der Waals surface area (Å²) < 4.78 is 12.6. The molecule has 2 aromatic heterocycles. The van der Waals surface area contributed by atoms with E-state index in [1.807, 2.05) is 42.6 Å². The maximum atomic E-state index is 8.64. The maximum absolute atomic E-state index is 8.64. The molecule has 1 aliphatic heterocycles. The van der Waals surface area contributed by atoms with E-state index in [-0.39, 0.29) is 160 Å². The van der Waals surface area contributed by atoms with E-state index in [4.69, 9.17) is 59.1 Å². The van der Waals surface area contributed by atoms with Crippen molar-refractivity contribution >= 4 is 171 Å². The van der Waals surface area contributed by atoms with Gasteiger partial charge in [-0.2, -0.15) is 0 Å². The van der Waals surface area contributed by atoms with Crippen LogP contribution < -0.4 is 177 Å². The normalized spacial score (nSPS) is 12.8. The van der Waals surface area contributed by atoms with Gasteiger partial charge in [-0.25, -0.2) is 4.98 Å². The van der Waals surface area contributed by atoms with E-state index in [1.54, 1.807) is 12.3 Å². The summed E-state index contributed by atoms with van der Waals surface area (Å²) in [7, 11) is -2.10. The Kier molecular flexibility index (Phi) is 43.1. The first-order chi connectivity index (χ1) is 70.0. The van der Waals surface area contributed by atoms with Crippen LogP contribution in [0.1, 0.15) is 90.2 Å². The molecule has 726 valence electrons. The molecule has 1 saturated heterocycles. The number of aromatic nitrogens is 2. The van der Waals surface area contributed by atoms with E-state index in [0.717, 1.165) is 37.7 Å². The largest absolute Gasteiger partial charge is 1.00 e. The van der Waals surface area contributed by atoms with Crippen LogP contribution >= 0.6 is 66.5 Å². The molecule has 0 unspecified atom stereocenters. The van der Waals surface area contributed by atoms with Gasteiger partial charge in [0.2, 0.25) is 0 Å². The van der Waals surface area contributed by atoms with Gasteiger partial charge in [-0.3, -0.25) is 9.78 Å². The first-order valence-electron chi connectivity index (χ1n) is 48.1. The molecule has 0 amide bonds. The molecule has 0 atom stereocenters. The number of hydrogen-bond acceptors (Lipinski definition) is 7. The monoisotopic (exact) mass is 2190 g/mol. The Hall–Kier alpha value is -9.28. The molecule has 18 heteroatoms. The van der Waals surface area contributed by atoms with Crippen LogP contribution in [0.4, 0.5) is 0 Å². The van der Waals surface area contributed by atoms with Gasteiger partial charge in [-0.05, 0) is 263 Å². The third-order valence-corrected chi connectivity index (χ3v) is 36.7. The van der Waals surface area contributed by atoms with Crippen LogP contribution in [0, 0.1) is 13.8 Å². The van der Waals surface area contributed by atoms with Crippen LogP contribution in [0.5, 0.6) is 0 Å². The number of aryl methyl sites for hydroxylation is 2. The van der Waals surface area contributed by atoms with Crippen LogP contribution in [0.2, 0.25) is 15.2 Å². The van der Waals surface area contributed by atoms with Crippen molar-refractivity contribution in [1.82, 2.24) is 9.97 Å². The van der Waals surface area contributed by atoms with E-state index in [1.165, 1.54) is 125 Å². The molecule has 0 N–H and O–H groups in total. The topological polar surface area (TPSA) is 93.6 Å². The smallest absolute Gasteiger partial charge is 1.00 e. The summed E-state index contributed by atoms with van der Waals surface area (Å²) >= 11 is 17.9. The van der Waals surface area contributed by atoms with Crippen molar-refractivity contribution < 1.29 is 149 Å². The minimum absolute atomic E-state index is 0. The van der Waals surface area contributed by atoms with Gasteiger partial charge in [0.15, 0.2) is 0 Å². The number of hydrogen-bond donors (Lipinski definition) is 0. The van der Waals surface area contributed by atoms with Crippen molar-refractivity contribution in [3.8, 4) is 33.5 Å². The number of rotatable bonds is 15. The minimum Gasteiger partial charge on any atom is -1.00 e. The zero-order chi connectivity index (χ0) is 101. The second-order valence-corrected chi connectivity index (χ2v) is 47.1. The van der Waals surface area contributed by atoms with E-state index >= 15 is 0 Å². The fourth-order valence-corrected chi connectivity index (χ4v) is 28.4. The quantitative estimate of drug-likeness (QED) is 0.0252. The van der Waals surface area contributed by atoms with Gasteiger partial charge in [0.1, 0.15) is 5.15 Å². The molecule has 7 nitrogen and oxygen atoms in total. The Balaban J connectivity index is 0.000000153. The summed E-state index contributed by atoms with van der Waals surface area (Å²) in [6.07, 6.45) is 3.54. The molecule has 1 fully saturated rings. The van der Waals surface area contributed by atoms with Crippen LogP contribution in [0.25, 0.3) is 55.1 Å². The molecular formula is C129H114BCl3K2N2O5P4Pd. The second-order valence-electron chi connectivity index (χ2n) is 37.0. The molecule has 2 aliphatic carbocycles. The SMILES string of the molecule is Cc1cc(-c2nccc3cc(Cl)ccc23)cc2c1-c1ccccc1C2(C)C.Cc1cc(B2OC(C)(C)C(C)(C)O2)cc2c1-c1ccccc1C2(C)C.Clc1ccc2c(Cl)nccc2c1.O=CO[O-].[H-].[K+].[K+].[Pd].c1ccc(P(c2ccccc2)c2ccccc2)cc1.c1ccc(P(c2ccccc2)c2ccccc2)cc1.c1ccc(P(c2ccccc2)c2ccccc2)cc1.c1ccc(P(c2ccccc2)c2ccccc2)cc1. The molecular weight excluding hydrogens is 2080 g/mol. The molecule has 3 heterocycles. The number of carbonyl (C=O) groups excluding carboxylic acids is 1. The number of benzene rings is 18. The fourth-order valence-electron chi connectivity index (χ4n) is 18.5. The molecule has 18 aromatic carbocycles. The van der Waals surface area contributed by atoms with Gasteiger partial charge in [0.25, 0.3) is 6.47 Å². The summed E-state index contributed by atoms with van der Waals surface area (Å²) in [5, 5.41) is 31.4. The van der Waals surface area contributed by atoms with E-state index in [9.17, 15) is 0 Å². The van der Waals surface area contributed by atoms with Gasteiger partial charge in [0.05, 0.1) is 16.9 Å². The zero-order valence-electron chi connectivity index (χ0n) is 85.7. The van der Waals surface area contributed by atoms with Gasteiger partial charge in [-0.1, -0.05) is 493 Å². The van der Waals surface area contributed by atoms with Crippen molar-refractivity contribution in [2.45, 2.75) is 91.3 Å². The van der Waals surface area contributed by atoms with E-state index in [0.29, 0.717) is 10.2 Å². The number of carbonyl (C=O) groups is 1. The number of halogens is 3. The minimum atomic E-state index is -0.446. The second kappa shape index (κ2) is 55.1. The maximum Gasteiger partial charge on any atom is 1.00 e. The van der Waals surface area contributed by atoms with Crippen molar-refractivity contribution in [3.05, 3.63) is 546 Å². The van der Waals surface area contributed by atoms with Crippen LogP contribution in [0.15, 0.2) is 498 Å². The Bertz CT molecular complexity index is 6750. The molecule has 23 rings (SSSR count). The first kappa shape index (κ1) is 115. The predicted molar refractivity (Wildman–Crippen MR) is 620 cm³/mol. The Labute approximate surface area is 988 Å². The van der Waals surface area contributed by atoms with Crippen molar-refractivity contribution in [3.63, 3.8) is 0 Å². The molecule has 20 aromatic rings. The third kappa shape index (κ3) is 28.6.